The molecule has 0 radical (unpaired) electrons. The number of alkyl halides is 3. The van der Waals surface area contributed by atoms with Gasteiger partial charge in [-0.2, -0.15) is 13.2 Å². The zero-order chi connectivity index (χ0) is 20.1. The van der Waals surface area contributed by atoms with Gasteiger partial charge in [0.1, 0.15) is 18.5 Å². The zero-order valence-electron chi connectivity index (χ0n) is 15.7. The summed E-state index contributed by atoms with van der Waals surface area (Å²) in [5.41, 5.74) is -0.793. The van der Waals surface area contributed by atoms with Gasteiger partial charge in [-0.15, -0.1) is 0 Å². The van der Waals surface area contributed by atoms with Crippen molar-refractivity contribution < 1.29 is 27.8 Å². The largest absolute Gasteiger partial charge is 0.491 e. The third-order valence-corrected chi connectivity index (χ3v) is 3.37. The normalized spacial score (nSPS) is 13.3. The van der Waals surface area contributed by atoms with Crippen molar-refractivity contribution in [2.45, 2.75) is 32.5 Å². The monoisotopic (exact) mass is 391 g/mol. The summed E-state index contributed by atoms with van der Waals surface area (Å²) >= 11 is 0. The summed E-state index contributed by atoms with van der Waals surface area (Å²) < 4.78 is 48.5. The van der Waals surface area contributed by atoms with E-state index in [1.807, 2.05) is 13.8 Å². The molecule has 9 heteroatoms. The number of hydrogen-bond acceptors (Lipinski definition) is 4. The lowest BCUT2D eigenvalue weighted by atomic mass is 10.2. The molecule has 154 valence electrons. The smallest absolute Gasteiger partial charge is 0.416 e. The van der Waals surface area contributed by atoms with Gasteiger partial charge in [0.25, 0.3) is 0 Å². The number of nitrogens with one attached hydrogen (secondary N) is 2. The standard InChI is InChI=1S/C18H28F3N3O3/c1-3-22-17(23-9-6-10-26-4-2)24-12-15(25)13-27-16-8-5-7-14(11-16)18(19,20)21/h5,7-8,11,15,25H,3-4,6,9-10,12-13H2,1-2H3,(H2,22,23,24). The summed E-state index contributed by atoms with van der Waals surface area (Å²) in [4.78, 5) is 4.24. The van der Waals surface area contributed by atoms with E-state index in [-0.39, 0.29) is 18.9 Å². The molecule has 0 aliphatic rings. The van der Waals surface area contributed by atoms with Gasteiger partial charge < -0.3 is 25.2 Å². The van der Waals surface area contributed by atoms with E-state index in [0.29, 0.717) is 32.3 Å². The molecule has 0 fully saturated rings. The van der Waals surface area contributed by atoms with Crippen molar-refractivity contribution in [3.63, 3.8) is 0 Å². The van der Waals surface area contributed by atoms with Crippen LogP contribution in [-0.2, 0) is 10.9 Å². The van der Waals surface area contributed by atoms with E-state index in [2.05, 4.69) is 15.6 Å². The second-order valence-corrected chi connectivity index (χ2v) is 5.69. The molecule has 3 N–H and O–H groups in total. The molecule has 0 bridgehead atoms. The second-order valence-electron chi connectivity index (χ2n) is 5.69. The summed E-state index contributed by atoms with van der Waals surface area (Å²) in [7, 11) is 0. The Balaban J connectivity index is 2.44. The lowest BCUT2D eigenvalue weighted by Crippen LogP contribution is -2.39. The van der Waals surface area contributed by atoms with Crippen molar-refractivity contribution in [2.75, 3.05) is 39.5 Å². The first-order chi connectivity index (χ1) is 12.9. The minimum atomic E-state index is -4.43. The number of ether oxygens (including phenoxy) is 2. The Bertz CT molecular complexity index is 568. The van der Waals surface area contributed by atoms with Crippen molar-refractivity contribution in [3.8, 4) is 5.75 Å². The topological polar surface area (TPSA) is 75.1 Å². The Kier molecular flexibility index (Phi) is 10.6. The van der Waals surface area contributed by atoms with E-state index in [0.717, 1.165) is 18.6 Å². The highest BCUT2D eigenvalue weighted by Crippen LogP contribution is 2.31. The maximum atomic E-state index is 12.7. The average Bonchev–Trinajstić information content (AvgIpc) is 2.63. The van der Waals surface area contributed by atoms with Crippen LogP contribution in [0.15, 0.2) is 29.3 Å². The fraction of sp³-hybridized carbons (Fsp3) is 0.611. The van der Waals surface area contributed by atoms with Crippen molar-refractivity contribution in [2.24, 2.45) is 4.99 Å². The first kappa shape index (κ1) is 23.0. The fourth-order valence-electron chi connectivity index (χ4n) is 2.07. The Morgan fingerprint density at radius 1 is 1.26 bits per heavy atom. The summed E-state index contributed by atoms with van der Waals surface area (Å²) in [6.07, 6.45) is -4.56. The number of hydrogen-bond donors (Lipinski definition) is 3. The second kappa shape index (κ2) is 12.4. The molecular weight excluding hydrogens is 363 g/mol. The van der Waals surface area contributed by atoms with Gasteiger partial charge in [0, 0.05) is 26.3 Å². The number of halogens is 3. The van der Waals surface area contributed by atoms with Gasteiger partial charge in [0.2, 0.25) is 0 Å². The van der Waals surface area contributed by atoms with Crippen LogP contribution in [0.25, 0.3) is 0 Å². The lowest BCUT2D eigenvalue weighted by molar-refractivity contribution is -0.137. The van der Waals surface area contributed by atoms with E-state index in [9.17, 15) is 18.3 Å². The van der Waals surface area contributed by atoms with E-state index < -0.39 is 17.8 Å². The van der Waals surface area contributed by atoms with Gasteiger partial charge in [-0.05, 0) is 38.5 Å². The molecule has 1 unspecified atom stereocenters. The van der Waals surface area contributed by atoms with Crippen LogP contribution in [0.2, 0.25) is 0 Å². The van der Waals surface area contributed by atoms with Crippen molar-refractivity contribution in [1.82, 2.24) is 10.6 Å². The van der Waals surface area contributed by atoms with Crippen LogP contribution in [0.3, 0.4) is 0 Å². The maximum Gasteiger partial charge on any atom is 0.416 e. The number of benzene rings is 1. The predicted octanol–water partition coefficient (Wildman–Crippen LogP) is 2.43. The molecule has 1 aromatic rings. The third kappa shape index (κ3) is 10.0. The molecule has 6 nitrogen and oxygen atoms in total. The Labute approximate surface area is 157 Å². The Morgan fingerprint density at radius 3 is 2.70 bits per heavy atom. The summed E-state index contributed by atoms with van der Waals surface area (Å²) in [6, 6.07) is 4.54. The molecule has 0 saturated heterocycles. The van der Waals surface area contributed by atoms with Crippen molar-refractivity contribution in [3.05, 3.63) is 29.8 Å². The Morgan fingerprint density at radius 2 is 2.04 bits per heavy atom. The van der Waals surface area contributed by atoms with Crippen LogP contribution in [-0.4, -0.2) is 56.6 Å². The number of rotatable bonds is 11. The number of aliphatic imine (C=N–C) groups is 1. The first-order valence-corrected chi connectivity index (χ1v) is 8.94. The highest BCUT2D eigenvalue weighted by molar-refractivity contribution is 5.79. The van der Waals surface area contributed by atoms with E-state index in [1.165, 1.54) is 12.1 Å². The van der Waals surface area contributed by atoms with Crippen LogP contribution in [0.5, 0.6) is 5.75 Å². The van der Waals surface area contributed by atoms with E-state index in [4.69, 9.17) is 9.47 Å². The highest BCUT2D eigenvalue weighted by atomic mass is 19.4. The summed E-state index contributed by atoms with van der Waals surface area (Å²) in [5.74, 6) is 0.598. The molecule has 1 rings (SSSR count). The molecule has 0 saturated carbocycles. The quantitative estimate of drug-likeness (QED) is 0.307. The molecular formula is C18H28F3N3O3. The van der Waals surface area contributed by atoms with Gasteiger partial charge in [0.05, 0.1) is 12.1 Å². The highest BCUT2D eigenvalue weighted by Gasteiger charge is 2.30. The molecule has 27 heavy (non-hydrogen) atoms. The van der Waals surface area contributed by atoms with Crippen LogP contribution >= 0.6 is 0 Å². The average molecular weight is 391 g/mol. The lowest BCUT2D eigenvalue weighted by Gasteiger charge is -2.14. The van der Waals surface area contributed by atoms with Gasteiger partial charge in [-0.3, -0.25) is 4.99 Å². The van der Waals surface area contributed by atoms with Crippen LogP contribution in [0, 0.1) is 0 Å². The maximum absolute atomic E-state index is 12.7. The molecule has 0 heterocycles. The molecule has 0 aliphatic carbocycles. The summed E-state index contributed by atoms with van der Waals surface area (Å²) in [5, 5.41) is 16.1. The molecule has 0 aliphatic heterocycles. The minimum absolute atomic E-state index is 0.0498. The van der Waals surface area contributed by atoms with E-state index in [1.54, 1.807) is 0 Å². The van der Waals surface area contributed by atoms with Gasteiger partial charge in [0.15, 0.2) is 5.96 Å². The van der Waals surface area contributed by atoms with Crippen LogP contribution in [0.1, 0.15) is 25.8 Å². The third-order valence-electron chi connectivity index (χ3n) is 3.37. The van der Waals surface area contributed by atoms with Gasteiger partial charge >= 0.3 is 6.18 Å². The molecule has 1 aromatic carbocycles. The van der Waals surface area contributed by atoms with Crippen molar-refractivity contribution >= 4 is 5.96 Å². The zero-order valence-corrected chi connectivity index (χ0v) is 15.7. The van der Waals surface area contributed by atoms with Crippen LogP contribution < -0.4 is 15.4 Å². The molecule has 0 amide bonds. The van der Waals surface area contributed by atoms with Crippen molar-refractivity contribution in [1.29, 1.82) is 0 Å². The van der Waals surface area contributed by atoms with Gasteiger partial charge in [-0.25, -0.2) is 0 Å². The SMILES string of the molecule is CCNC(=NCC(O)COc1cccc(C(F)(F)F)c1)NCCCOCC. The molecule has 0 aromatic heterocycles. The molecule has 1 atom stereocenters. The van der Waals surface area contributed by atoms with E-state index >= 15 is 0 Å². The fourth-order valence-corrected chi connectivity index (χ4v) is 2.07. The first-order valence-electron chi connectivity index (χ1n) is 8.94. The van der Waals surface area contributed by atoms with Gasteiger partial charge in [-0.1, -0.05) is 6.07 Å². The number of nitrogens with zero attached hydrogens (tertiary/aromatic N) is 1. The minimum Gasteiger partial charge on any atom is -0.491 e. The Hall–Kier alpha value is -2.00. The molecule has 0 spiro atoms. The summed E-state index contributed by atoms with van der Waals surface area (Å²) in [6.45, 7) is 6.40. The number of aliphatic hydroxyl groups excluding tert-OH is 1. The number of guanidine groups is 1. The predicted molar refractivity (Wildman–Crippen MR) is 98.0 cm³/mol. The number of aliphatic hydroxyl groups is 1. The van der Waals surface area contributed by atoms with Crippen LogP contribution in [0.4, 0.5) is 13.2 Å².